The van der Waals surface area contributed by atoms with E-state index in [9.17, 15) is 0 Å². The summed E-state index contributed by atoms with van der Waals surface area (Å²) < 4.78 is 31.6. The molecule has 0 aromatic heterocycles. The minimum Gasteiger partial charge on any atom is -0.395 e. The fourth-order valence-electron chi connectivity index (χ4n) is 2.48. The van der Waals surface area contributed by atoms with Crippen molar-refractivity contribution < 1.29 is 27.7 Å². The van der Waals surface area contributed by atoms with Crippen LogP contribution < -0.4 is 0 Å². The van der Waals surface area contributed by atoms with E-state index in [0.29, 0.717) is 13.2 Å². The highest BCUT2D eigenvalue weighted by Gasteiger charge is 2.02. The topological polar surface area (TPSA) is 122 Å². The van der Waals surface area contributed by atoms with Gasteiger partial charge in [0, 0.05) is 13.1 Å². The van der Waals surface area contributed by atoms with Crippen molar-refractivity contribution in [2.45, 2.75) is 79.1 Å². The van der Waals surface area contributed by atoms with Gasteiger partial charge < -0.3 is 20.0 Å². The molecule has 29 heavy (non-hydrogen) atoms. The number of rotatable bonds is 16. The molecule has 0 aliphatic rings. The standard InChI is InChI=1S/2C10H23NO.H2O4S/c2*1-3-5-7-11(9-10-12)8-6-4-2;1-5(2,3)4/h2*12H,3-10H2,1-2H3;(H2,1,2,3,4). The van der Waals surface area contributed by atoms with Crippen LogP contribution in [0.1, 0.15) is 79.1 Å². The molecular formula is C20H48N2O6S. The Morgan fingerprint density at radius 3 is 0.897 bits per heavy atom. The van der Waals surface area contributed by atoms with Crippen LogP contribution >= 0.6 is 0 Å². The van der Waals surface area contributed by atoms with Gasteiger partial charge in [-0.2, -0.15) is 8.42 Å². The van der Waals surface area contributed by atoms with Crippen molar-refractivity contribution in [3.63, 3.8) is 0 Å². The maximum Gasteiger partial charge on any atom is 0.394 e. The van der Waals surface area contributed by atoms with Gasteiger partial charge in [-0.25, -0.2) is 0 Å². The van der Waals surface area contributed by atoms with Gasteiger partial charge in [0.25, 0.3) is 0 Å². The SMILES string of the molecule is CCCCN(CCO)CCCC.CCCCN(CCO)CCCC.O=S(=O)(O)O. The maximum absolute atomic E-state index is 8.79. The molecule has 9 heteroatoms. The molecule has 4 N–H and O–H groups in total. The smallest absolute Gasteiger partial charge is 0.394 e. The Labute approximate surface area is 179 Å². The van der Waals surface area contributed by atoms with E-state index >= 15 is 0 Å². The van der Waals surface area contributed by atoms with Gasteiger partial charge in [0.15, 0.2) is 0 Å². The van der Waals surface area contributed by atoms with Crippen molar-refractivity contribution in [1.82, 2.24) is 9.80 Å². The monoisotopic (exact) mass is 444 g/mol. The van der Waals surface area contributed by atoms with Crippen LogP contribution in [0, 0.1) is 0 Å². The number of nitrogens with zero attached hydrogens (tertiary/aromatic N) is 2. The van der Waals surface area contributed by atoms with Gasteiger partial charge in [-0.15, -0.1) is 0 Å². The highest BCUT2D eigenvalue weighted by Crippen LogP contribution is 1.98. The summed E-state index contributed by atoms with van der Waals surface area (Å²) in [7, 11) is -4.67. The van der Waals surface area contributed by atoms with Crippen LogP contribution in [0.5, 0.6) is 0 Å². The average molecular weight is 445 g/mol. The third-order valence-electron chi connectivity index (χ3n) is 4.14. The second-order valence-electron chi connectivity index (χ2n) is 6.99. The first-order chi connectivity index (χ1) is 13.7. The largest absolute Gasteiger partial charge is 0.395 e. The Morgan fingerprint density at radius 2 is 0.759 bits per heavy atom. The first-order valence-electron chi connectivity index (χ1n) is 11.1. The lowest BCUT2D eigenvalue weighted by molar-refractivity contribution is 0.192. The summed E-state index contributed by atoms with van der Waals surface area (Å²) >= 11 is 0. The lowest BCUT2D eigenvalue weighted by atomic mass is 10.2. The van der Waals surface area contributed by atoms with Gasteiger partial charge in [-0.05, 0) is 51.9 Å². The van der Waals surface area contributed by atoms with Crippen LogP contribution in [0.3, 0.4) is 0 Å². The molecule has 0 aromatic carbocycles. The molecule has 0 amide bonds. The highest BCUT2D eigenvalue weighted by atomic mass is 32.3. The van der Waals surface area contributed by atoms with E-state index < -0.39 is 10.4 Å². The molecule has 0 radical (unpaired) electrons. The van der Waals surface area contributed by atoms with E-state index in [-0.39, 0.29) is 0 Å². The summed E-state index contributed by atoms with van der Waals surface area (Å²) in [6, 6.07) is 0. The van der Waals surface area contributed by atoms with Crippen LogP contribution in [0.25, 0.3) is 0 Å². The van der Waals surface area contributed by atoms with E-state index in [1.807, 2.05) is 0 Å². The van der Waals surface area contributed by atoms with Crippen LogP contribution in [-0.2, 0) is 10.4 Å². The molecule has 0 bridgehead atoms. The van der Waals surface area contributed by atoms with Gasteiger partial charge in [-0.1, -0.05) is 53.4 Å². The van der Waals surface area contributed by atoms with Crippen molar-refractivity contribution in [3.8, 4) is 0 Å². The number of hydrogen-bond acceptors (Lipinski definition) is 6. The molecule has 0 heterocycles. The Morgan fingerprint density at radius 1 is 0.552 bits per heavy atom. The molecule has 0 aliphatic carbocycles. The molecule has 0 rings (SSSR count). The normalized spacial score (nSPS) is 11.1. The van der Waals surface area contributed by atoms with E-state index in [4.69, 9.17) is 27.7 Å². The zero-order valence-corrected chi connectivity index (χ0v) is 20.0. The zero-order valence-electron chi connectivity index (χ0n) is 19.2. The Hall–Kier alpha value is -0.290. The van der Waals surface area contributed by atoms with Gasteiger partial charge in [-0.3, -0.25) is 9.11 Å². The van der Waals surface area contributed by atoms with Gasteiger partial charge in [0.05, 0.1) is 13.2 Å². The van der Waals surface area contributed by atoms with E-state index in [1.54, 1.807) is 0 Å². The van der Waals surface area contributed by atoms with E-state index in [2.05, 4.69) is 37.5 Å². The quantitative estimate of drug-likeness (QED) is 0.268. The minimum atomic E-state index is -4.67. The fraction of sp³-hybridized carbons (Fsp3) is 1.00. The Kier molecular flexibility index (Phi) is 29.6. The Bertz CT molecular complexity index is 350. The van der Waals surface area contributed by atoms with Crippen LogP contribution in [-0.4, -0.2) is 90.0 Å². The molecule has 0 unspecified atom stereocenters. The zero-order chi connectivity index (χ0) is 23.0. The molecule has 180 valence electrons. The summed E-state index contributed by atoms with van der Waals surface area (Å²) in [4.78, 5) is 4.71. The first-order valence-corrected chi connectivity index (χ1v) is 12.5. The second kappa shape index (κ2) is 25.7. The lowest BCUT2D eigenvalue weighted by Crippen LogP contribution is -2.28. The lowest BCUT2D eigenvalue weighted by Gasteiger charge is -2.20. The number of hydrogen-bond donors (Lipinski definition) is 4. The number of aliphatic hydroxyl groups is 2. The molecule has 0 fully saturated rings. The molecule has 0 saturated heterocycles. The van der Waals surface area contributed by atoms with Gasteiger partial charge in [0.2, 0.25) is 0 Å². The predicted octanol–water partition coefficient (Wildman–Crippen LogP) is 3.11. The van der Waals surface area contributed by atoms with Crippen LogP contribution in [0.4, 0.5) is 0 Å². The Balaban J connectivity index is -0.000000380. The summed E-state index contributed by atoms with van der Waals surface area (Å²) in [5, 5.41) is 17.6. The fourth-order valence-corrected chi connectivity index (χ4v) is 2.48. The molecule has 0 aromatic rings. The molecule has 0 spiro atoms. The summed E-state index contributed by atoms with van der Waals surface area (Å²) in [5.41, 5.74) is 0. The average Bonchev–Trinajstić information content (AvgIpc) is 2.65. The summed E-state index contributed by atoms with van der Waals surface area (Å²) in [5.74, 6) is 0. The third-order valence-corrected chi connectivity index (χ3v) is 4.14. The second-order valence-corrected chi connectivity index (χ2v) is 7.89. The highest BCUT2D eigenvalue weighted by molar-refractivity contribution is 7.79. The number of unbranched alkanes of at least 4 members (excludes halogenated alkanes) is 4. The van der Waals surface area contributed by atoms with Crippen LogP contribution in [0.2, 0.25) is 0 Å². The summed E-state index contributed by atoms with van der Waals surface area (Å²) in [6.45, 7) is 15.7. The first kappa shape index (κ1) is 33.4. The molecule has 0 saturated carbocycles. The predicted molar refractivity (Wildman–Crippen MR) is 121 cm³/mol. The van der Waals surface area contributed by atoms with Crippen molar-refractivity contribution in [2.75, 3.05) is 52.5 Å². The summed E-state index contributed by atoms with van der Waals surface area (Å²) in [6.07, 6.45) is 9.99. The van der Waals surface area contributed by atoms with Crippen LogP contribution in [0.15, 0.2) is 0 Å². The van der Waals surface area contributed by atoms with Gasteiger partial charge in [0.1, 0.15) is 0 Å². The van der Waals surface area contributed by atoms with Crippen molar-refractivity contribution in [2.24, 2.45) is 0 Å². The molecule has 8 nitrogen and oxygen atoms in total. The van der Waals surface area contributed by atoms with Crippen molar-refractivity contribution in [1.29, 1.82) is 0 Å². The van der Waals surface area contributed by atoms with Gasteiger partial charge >= 0.3 is 10.4 Å². The third kappa shape index (κ3) is 38.9. The minimum absolute atomic E-state index is 0.299. The molecule has 0 atom stereocenters. The maximum atomic E-state index is 8.79. The van der Waals surface area contributed by atoms with Crippen molar-refractivity contribution in [3.05, 3.63) is 0 Å². The molecular weight excluding hydrogens is 396 g/mol. The number of aliphatic hydroxyl groups excluding tert-OH is 2. The van der Waals surface area contributed by atoms with E-state index in [0.717, 1.165) is 39.3 Å². The van der Waals surface area contributed by atoms with E-state index in [1.165, 1.54) is 51.4 Å². The molecule has 0 aliphatic heterocycles. The van der Waals surface area contributed by atoms with Crippen molar-refractivity contribution >= 4 is 10.4 Å².